The van der Waals surface area contributed by atoms with Crippen LogP contribution < -0.4 is 0 Å². The first-order chi connectivity index (χ1) is 9.67. The molecule has 2 rings (SSSR count). The summed E-state index contributed by atoms with van der Waals surface area (Å²) in [5.41, 5.74) is 2.88. The molecule has 0 aromatic heterocycles. The summed E-state index contributed by atoms with van der Waals surface area (Å²) in [5, 5.41) is 9.45. The van der Waals surface area contributed by atoms with Gasteiger partial charge in [0.2, 0.25) is 0 Å². The number of aromatic carboxylic acids is 1. The van der Waals surface area contributed by atoms with Crippen molar-refractivity contribution in [3.8, 4) is 0 Å². The van der Waals surface area contributed by atoms with Gasteiger partial charge in [-0.25, -0.2) is 4.79 Å². The smallest absolute Gasteiger partial charge is 0.335 e. The lowest BCUT2D eigenvalue weighted by atomic mass is 9.74. The van der Waals surface area contributed by atoms with E-state index in [0.29, 0.717) is 11.5 Å². The van der Waals surface area contributed by atoms with Crippen LogP contribution in [0.25, 0.3) is 0 Å². The molecule has 2 nitrogen and oxygen atoms in total. The molecule has 110 valence electrons. The van der Waals surface area contributed by atoms with E-state index in [4.69, 9.17) is 0 Å². The molecule has 0 aliphatic heterocycles. The van der Waals surface area contributed by atoms with Crippen LogP contribution in [0.2, 0.25) is 0 Å². The summed E-state index contributed by atoms with van der Waals surface area (Å²) in [4.78, 5) is 11.5. The van der Waals surface area contributed by atoms with Crippen LogP contribution in [0.3, 0.4) is 0 Å². The van der Waals surface area contributed by atoms with Gasteiger partial charge >= 0.3 is 5.97 Å². The summed E-state index contributed by atoms with van der Waals surface area (Å²) in [6, 6.07) is 5.75. The Balaban J connectivity index is 2.22. The number of rotatable bonds is 5. The van der Waals surface area contributed by atoms with Gasteiger partial charge in [0, 0.05) is 0 Å². The van der Waals surface area contributed by atoms with Crippen molar-refractivity contribution in [2.45, 2.75) is 64.7 Å². The summed E-state index contributed by atoms with van der Waals surface area (Å²) < 4.78 is 0. The van der Waals surface area contributed by atoms with Crippen molar-refractivity contribution in [2.24, 2.45) is 5.92 Å². The largest absolute Gasteiger partial charge is 0.478 e. The molecule has 0 atom stereocenters. The fourth-order valence-electron chi connectivity index (χ4n) is 3.74. The zero-order valence-electron chi connectivity index (χ0n) is 12.7. The van der Waals surface area contributed by atoms with Crippen molar-refractivity contribution in [2.75, 3.05) is 0 Å². The van der Waals surface area contributed by atoms with Crippen molar-refractivity contribution >= 4 is 5.97 Å². The van der Waals surface area contributed by atoms with Gasteiger partial charge in [0.15, 0.2) is 0 Å². The highest BCUT2D eigenvalue weighted by atomic mass is 16.4. The predicted molar refractivity (Wildman–Crippen MR) is 82.4 cm³/mol. The first-order valence-corrected chi connectivity index (χ1v) is 8.02. The Kier molecular flexibility index (Phi) is 5.22. The van der Waals surface area contributed by atoms with Gasteiger partial charge in [-0.2, -0.15) is 0 Å². The normalized spacial score (nSPS) is 22.7. The van der Waals surface area contributed by atoms with Crippen molar-refractivity contribution in [3.05, 3.63) is 34.9 Å². The minimum Gasteiger partial charge on any atom is -0.478 e. The molecule has 1 N–H and O–H groups in total. The van der Waals surface area contributed by atoms with Crippen LogP contribution in [-0.2, 0) is 6.42 Å². The van der Waals surface area contributed by atoms with Gasteiger partial charge in [-0.05, 0) is 61.1 Å². The van der Waals surface area contributed by atoms with Gasteiger partial charge in [-0.15, -0.1) is 0 Å². The van der Waals surface area contributed by atoms with E-state index in [1.54, 1.807) is 6.07 Å². The standard InChI is InChI=1S/C18H26O2/c1-3-6-13-9-11-15(12-10-13)17-14(4-2)7-5-8-16(17)18(19)20/h5,7-8,13,15H,3-4,6,9-12H2,1-2H3,(H,19,20)/t13-,15-. The Morgan fingerprint density at radius 1 is 1.20 bits per heavy atom. The molecule has 1 aliphatic rings. The Morgan fingerprint density at radius 2 is 1.90 bits per heavy atom. The molecule has 0 saturated heterocycles. The summed E-state index contributed by atoms with van der Waals surface area (Å²) in [5.74, 6) is 0.537. The first-order valence-electron chi connectivity index (χ1n) is 8.02. The Bertz CT molecular complexity index is 456. The molecule has 1 aromatic carbocycles. The van der Waals surface area contributed by atoms with Crippen LogP contribution in [-0.4, -0.2) is 11.1 Å². The fourth-order valence-corrected chi connectivity index (χ4v) is 3.74. The minimum atomic E-state index is -0.772. The zero-order valence-corrected chi connectivity index (χ0v) is 12.7. The zero-order chi connectivity index (χ0) is 14.5. The lowest BCUT2D eigenvalue weighted by Crippen LogP contribution is -2.17. The van der Waals surface area contributed by atoms with Crippen LogP contribution in [0.5, 0.6) is 0 Å². The molecule has 0 spiro atoms. The fraction of sp³-hybridized carbons (Fsp3) is 0.611. The molecule has 1 fully saturated rings. The van der Waals surface area contributed by atoms with Crippen LogP contribution in [0.4, 0.5) is 0 Å². The van der Waals surface area contributed by atoms with Gasteiger partial charge in [0.1, 0.15) is 0 Å². The molecule has 0 unspecified atom stereocenters. The molecular formula is C18H26O2. The van der Waals surface area contributed by atoms with Crippen LogP contribution in [0, 0.1) is 5.92 Å². The van der Waals surface area contributed by atoms with Gasteiger partial charge in [-0.3, -0.25) is 0 Å². The molecule has 1 aromatic rings. The Morgan fingerprint density at radius 3 is 2.45 bits per heavy atom. The highest BCUT2D eigenvalue weighted by Gasteiger charge is 2.26. The number of aryl methyl sites for hydroxylation is 1. The second kappa shape index (κ2) is 6.92. The number of benzene rings is 1. The van der Waals surface area contributed by atoms with Gasteiger partial charge in [-0.1, -0.05) is 38.8 Å². The van der Waals surface area contributed by atoms with Gasteiger partial charge < -0.3 is 5.11 Å². The summed E-state index contributed by atoms with van der Waals surface area (Å²) in [6.45, 7) is 4.37. The highest BCUT2D eigenvalue weighted by Crippen LogP contribution is 2.40. The second-order valence-electron chi connectivity index (χ2n) is 6.04. The quantitative estimate of drug-likeness (QED) is 0.818. The Labute approximate surface area is 122 Å². The molecule has 1 aliphatic carbocycles. The van der Waals surface area contributed by atoms with Gasteiger partial charge in [0.25, 0.3) is 0 Å². The van der Waals surface area contributed by atoms with Crippen molar-refractivity contribution in [3.63, 3.8) is 0 Å². The molecular weight excluding hydrogens is 248 g/mol. The Hall–Kier alpha value is -1.31. The van der Waals surface area contributed by atoms with E-state index >= 15 is 0 Å². The number of carboxylic acid groups (broad SMARTS) is 1. The summed E-state index contributed by atoms with van der Waals surface area (Å²) in [6.07, 6.45) is 8.34. The van der Waals surface area contributed by atoms with E-state index < -0.39 is 5.97 Å². The van der Waals surface area contributed by atoms with E-state index in [9.17, 15) is 9.90 Å². The summed E-state index contributed by atoms with van der Waals surface area (Å²) in [7, 11) is 0. The molecule has 20 heavy (non-hydrogen) atoms. The molecule has 1 saturated carbocycles. The van der Waals surface area contributed by atoms with Crippen molar-refractivity contribution < 1.29 is 9.90 Å². The van der Waals surface area contributed by atoms with Crippen LogP contribution in [0.15, 0.2) is 18.2 Å². The highest BCUT2D eigenvalue weighted by molar-refractivity contribution is 5.90. The molecule has 0 heterocycles. The van der Waals surface area contributed by atoms with E-state index in [1.165, 1.54) is 31.2 Å². The predicted octanol–water partition coefficient (Wildman–Crippen LogP) is 5.02. The van der Waals surface area contributed by atoms with Crippen LogP contribution in [0.1, 0.15) is 79.8 Å². The van der Waals surface area contributed by atoms with E-state index in [-0.39, 0.29) is 0 Å². The minimum absolute atomic E-state index is 0.449. The maximum atomic E-state index is 11.5. The SMILES string of the molecule is CCC[C@H]1CC[C@H](c2c(CC)cccc2C(=O)O)CC1. The third-order valence-corrected chi connectivity index (χ3v) is 4.76. The second-order valence-corrected chi connectivity index (χ2v) is 6.04. The number of carbonyl (C=O) groups is 1. The number of hydrogen-bond donors (Lipinski definition) is 1. The van der Waals surface area contributed by atoms with Crippen molar-refractivity contribution in [1.29, 1.82) is 0 Å². The third kappa shape index (κ3) is 3.23. The van der Waals surface area contributed by atoms with E-state index in [2.05, 4.69) is 19.9 Å². The lowest BCUT2D eigenvalue weighted by molar-refractivity contribution is 0.0694. The monoisotopic (exact) mass is 274 g/mol. The molecule has 2 heteroatoms. The average molecular weight is 274 g/mol. The van der Waals surface area contributed by atoms with E-state index in [0.717, 1.165) is 30.7 Å². The van der Waals surface area contributed by atoms with Crippen LogP contribution >= 0.6 is 0 Å². The molecule has 0 radical (unpaired) electrons. The van der Waals surface area contributed by atoms with Gasteiger partial charge in [0.05, 0.1) is 5.56 Å². The number of carboxylic acids is 1. The van der Waals surface area contributed by atoms with E-state index in [1.807, 2.05) is 6.07 Å². The molecule has 0 bridgehead atoms. The van der Waals surface area contributed by atoms with Crippen molar-refractivity contribution in [1.82, 2.24) is 0 Å². The maximum absolute atomic E-state index is 11.5. The number of hydrogen-bond acceptors (Lipinski definition) is 1. The lowest BCUT2D eigenvalue weighted by Gasteiger charge is -2.30. The first kappa shape index (κ1) is 15.1. The summed E-state index contributed by atoms with van der Waals surface area (Å²) >= 11 is 0. The maximum Gasteiger partial charge on any atom is 0.335 e. The molecule has 0 amide bonds. The average Bonchev–Trinajstić information content (AvgIpc) is 2.47. The topological polar surface area (TPSA) is 37.3 Å². The third-order valence-electron chi connectivity index (χ3n) is 4.76.